The Hall–Kier alpha value is -2.38. The van der Waals surface area contributed by atoms with Gasteiger partial charge in [-0.2, -0.15) is 0 Å². The van der Waals surface area contributed by atoms with Gasteiger partial charge in [-0.25, -0.2) is 9.79 Å². The smallest absolute Gasteiger partial charge is 0.340 e. The highest BCUT2D eigenvalue weighted by Gasteiger charge is 2.24. The van der Waals surface area contributed by atoms with Crippen LogP contribution < -0.4 is 5.32 Å². The van der Waals surface area contributed by atoms with Gasteiger partial charge < -0.3 is 10.1 Å². The summed E-state index contributed by atoms with van der Waals surface area (Å²) in [6.07, 6.45) is 1.79. The van der Waals surface area contributed by atoms with Crippen molar-refractivity contribution in [1.29, 1.82) is 0 Å². The molecule has 126 valence electrons. The fourth-order valence-corrected chi connectivity index (χ4v) is 3.25. The highest BCUT2D eigenvalue weighted by Crippen LogP contribution is 2.29. The van der Waals surface area contributed by atoms with E-state index >= 15 is 0 Å². The lowest BCUT2D eigenvalue weighted by Crippen LogP contribution is -2.19. The predicted molar refractivity (Wildman–Crippen MR) is 103 cm³/mol. The van der Waals surface area contributed by atoms with Crippen molar-refractivity contribution < 1.29 is 14.3 Å². The summed E-state index contributed by atoms with van der Waals surface area (Å²) in [4.78, 5) is 28.9. The number of amidine groups is 1. The molecule has 0 unspecified atom stereocenters. The number of carbonyl (C=O) groups is 2. The van der Waals surface area contributed by atoms with Gasteiger partial charge in [0.2, 0.25) is 0 Å². The van der Waals surface area contributed by atoms with Gasteiger partial charge in [0.1, 0.15) is 0 Å². The standard InChI is InChI=1S/C18H13BrN2O3S/c1-24-17(23)13-4-2-3-5-14(13)20-18-21-16(22)15(25-18)10-11-6-8-12(19)9-7-11/h2-10H,1H3,(H,20,21,22)/b15-10-. The summed E-state index contributed by atoms with van der Waals surface area (Å²) in [6.45, 7) is 0. The highest BCUT2D eigenvalue weighted by molar-refractivity contribution is 9.10. The second kappa shape index (κ2) is 7.67. The van der Waals surface area contributed by atoms with E-state index in [0.29, 0.717) is 21.3 Å². The largest absolute Gasteiger partial charge is 0.465 e. The van der Waals surface area contributed by atoms with E-state index in [1.807, 2.05) is 24.3 Å². The second-order valence-corrected chi connectivity index (χ2v) is 6.99. The van der Waals surface area contributed by atoms with Crippen LogP contribution in [0.5, 0.6) is 0 Å². The maximum atomic E-state index is 12.1. The number of rotatable bonds is 3. The molecule has 1 aliphatic rings. The van der Waals surface area contributed by atoms with Gasteiger partial charge in [0.15, 0.2) is 5.17 Å². The van der Waals surface area contributed by atoms with Gasteiger partial charge in [0, 0.05) is 4.47 Å². The Morgan fingerprint density at radius 3 is 2.64 bits per heavy atom. The Balaban J connectivity index is 1.87. The number of benzene rings is 2. The van der Waals surface area contributed by atoms with E-state index in [1.54, 1.807) is 30.3 Å². The van der Waals surface area contributed by atoms with Crippen molar-refractivity contribution in [2.75, 3.05) is 7.11 Å². The van der Waals surface area contributed by atoms with Crippen molar-refractivity contribution in [2.24, 2.45) is 4.99 Å². The molecule has 1 aliphatic heterocycles. The van der Waals surface area contributed by atoms with Gasteiger partial charge >= 0.3 is 5.97 Å². The third-order valence-corrected chi connectivity index (χ3v) is 4.79. The fourth-order valence-electron chi connectivity index (χ4n) is 2.15. The predicted octanol–water partition coefficient (Wildman–Crippen LogP) is 4.13. The first kappa shape index (κ1) is 17.4. The summed E-state index contributed by atoms with van der Waals surface area (Å²) < 4.78 is 5.73. The van der Waals surface area contributed by atoms with Crippen molar-refractivity contribution in [3.63, 3.8) is 0 Å². The first-order valence-electron chi connectivity index (χ1n) is 7.29. The van der Waals surface area contributed by atoms with Crippen LogP contribution in [-0.2, 0) is 9.53 Å². The van der Waals surface area contributed by atoms with Crippen molar-refractivity contribution in [1.82, 2.24) is 5.32 Å². The van der Waals surface area contributed by atoms with Gasteiger partial charge in [-0.1, -0.05) is 40.2 Å². The summed E-state index contributed by atoms with van der Waals surface area (Å²) in [5, 5.41) is 3.13. The SMILES string of the molecule is COC(=O)c1ccccc1N=C1NC(=O)/C(=C/c2ccc(Br)cc2)S1. The molecule has 2 aromatic carbocycles. The monoisotopic (exact) mass is 416 g/mol. The van der Waals surface area contributed by atoms with Crippen LogP contribution in [0.1, 0.15) is 15.9 Å². The zero-order chi connectivity index (χ0) is 17.8. The van der Waals surface area contributed by atoms with Crippen molar-refractivity contribution in [2.45, 2.75) is 0 Å². The van der Waals surface area contributed by atoms with Gasteiger partial charge in [-0.15, -0.1) is 0 Å². The molecule has 0 aliphatic carbocycles. The minimum absolute atomic E-state index is 0.220. The molecule has 1 fully saturated rings. The minimum atomic E-state index is -0.472. The maximum absolute atomic E-state index is 12.1. The van der Waals surface area contributed by atoms with E-state index in [1.165, 1.54) is 18.9 Å². The lowest BCUT2D eigenvalue weighted by Gasteiger charge is -2.03. The summed E-state index contributed by atoms with van der Waals surface area (Å²) in [5.74, 6) is -0.692. The molecular weight excluding hydrogens is 404 g/mol. The summed E-state index contributed by atoms with van der Waals surface area (Å²) in [5.41, 5.74) is 1.71. The summed E-state index contributed by atoms with van der Waals surface area (Å²) >= 11 is 4.61. The molecule has 1 amide bonds. The van der Waals surface area contributed by atoms with E-state index in [-0.39, 0.29) is 5.91 Å². The van der Waals surface area contributed by atoms with E-state index in [0.717, 1.165) is 10.0 Å². The number of hydrogen-bond acceptors (Lipinski definition) is 5. The summed E-state index contributed by atoms with van der Waals surface area (Å²) in [7, 11) is 1.32. The molecule has 0 radical (unpaired) electrons. The number of hydrogen-bond donors (Lipinski definition) is 1. The number of esters is 1. The molecule has 5 nitrogen and oxygen atoms in total. The first-order chi connectivity index (χ1) is 12.1. The van der Waals surface area contributed by atoms with E-state index in [4.69, 9.17) is 4.74 Å². The number of nitrogens with one attached hydrogen (secondary N) is 1. The average Bonchev–Trinajstić information content (AvgIpc) is 2.96. The number of methoxy groups -OCH3 is 1. The number of aliphatic imine (C=N–C) groups is 1. The van der Waals surface area contributed by atoms with Crippen LogP contribution in [0.2, 0.25) is 0 Å². The number of nitrogens with zero attached hydrogens (tertiary/aromatic N) is 1. The van der Waals surface area contributed by atoms with Crippen molar-refractivity contribution in [3.05, 3.63) is 69.0 Å². The normalized spacial score (nSPS) is 17.0. The van der Waals surface area contributed by atoms with Crippen molar-refractivity contribution >= 4 is 56.5 Å². The van der Waals surface area contributed by atoms with Crippen LogP contribution in [0.3, 0.4) is 0 Å². The minimum Gasteiger partial charge on any atom is -0.465 e. The van der Waals surface area contributed by atoms with Crippen LogP contribution in [0, 0.1) is 0 Å². The maximum Gasteiger partial charge on any atom is 0.340 e. The van der Waals surface area contributed by atoms with E-state index < -0.39 is 5.97 Å². The van der Waals surface area contributed by atoms with E-state index in [2.05, 4.69) is 26.2 Å². The molecule has 0 atom stereocenters. The quantitative estimate of drug-likeness (QED) is 0.603. The molecule has 0 saturated carbocycles. The third kappa shape index (κ3) is 4.18. The van der Waals surface area contributed by atoms with Crippen LogP contribution in [0.15, 0.2) is 62.9 Å². The van der Waals surface area contributed by atoms with Crippen LogP contribution in [0.25, 0.3) is 6.08 Å². The van der Waals surface area contributed by atoms with Crippen LogP contribution >= 0.6 is 27.7 Å². The lowest BCUT2D eigenvalue weighted by atomic mass is 10.2. The van der Waals surface area contributed by atoms with Gasteiger partial charge in [0.25, 0.3) is 5.91 Å². The number of ether oxygens (including phenoxy) is 1. The number of halogens is 1. The van der Waals surface area contributed by atoms with E-state index in [9.17, 15) is 9.59 Å². The van der Waals surface area contributed by atoms with Gasteiger partial charge in [-0.05, 0) is 47.7 Å². The fraction of sp³-hybridized carbons (Fsp3) is 0.0556. The average molecular weight is 417 g/mol. The Bertz CT molecular complexity index is 891. The molecule has 1 N–H and O–H groups in total. The van der Waals surface area contributed by atoms with Gasteiger partial charge in [-0.3, -0.25) is 4.79 Å². The van der Waals surface area contributed by atoms with Crippen LogP contribution in [-0.4, -0.2) is 24.2 Å². The lowest BCUT2D eigenvalue weighted by molar-refractivity contribution is -0.115. The zero-order valence-electron chi connectivity index (χ0n) is 13.2. The number of thioether (sulfide) groups is 1. The highest BCUT2D eigenvalue weighted by atomic mass is 79.9. The molecule has 0 spiro atoms. The molecule has 3 rings (SSSR count). The Labute approximate surface area is 157 Å². The molecule has 25 heavy (non-hydrogen) atoms. The molecule has 2 aromatic rings. The van der Waals surface area contributed by atoms with Gasteiger partial charge in [0.05, 0.1) is 23.3 Å². The summed E-state index contributed by atoms with van der Waals surface area (Å²) in [6, 6.07) is 14.5. The Kier molecular flexibility index (Phi) is 5.35. The first-order valence-corrected chi connectivity index (χ1v) is 8.90. The molecule has 7 heteroatoms. The second-order valence-electron chi connectivity index (χ2n) is 5.04. The number of para-hydroxylation sites is 1. The zero-order valence-corrected chi connectivity index (χ0v) is 15.6. The Morgan fingerprint density at radius 1 is 1.20 bits per heavy atom. The molecular formula is C18H13BrN2O3S. The number of amides is 1. The Morgan fingerprint density at radius 2 is 1.92 bits per heavy atom. The molecule has 1 heterocycles. The topological polar surface area (TPSA) is 67.8 Å². The molecule has 1 saturated heterocycles. The molecule has 0 aromatic heterocycles. The van der Waals surface area contributed by atoms with Crippen LogP contribution in [0.4, 0.5) is 5.69 Å². The van der Waals surface area contributed by atoms with Crippen molar-refractivity contribution in [3.8, 4) is 0 Å². The molecule has 0 bridgehead atoms. The third-order valence-electron chi connectivity index (χ3n) is 3.35. The number of carbonyl (C=O) groups excluding carboxylic acids is 2.